The van der Waals surface area contributed by atoms with E-state index < -0.39 is 23.9 Å². The number of nitrogens with zero attached hydrogens (tertiary/aromatic N) is 1. The molecular weight excluding hydrogens is 390 g/mol. The van der Waals surface area contributed by atoms with Gasteiger partial charge < -0.3 is 18.9 Å². The predicted octanol–water partition coefficient (Wildman–Crippen LogP) is 5.36. The number of likely N-dealkylation sites (N-methyl/N-ethyl adjacent to an activating group) is 1. The number of hydrogen-bond donors (Lipinski definition) is 2. The minimum absolute atomic E-state index is 0.0491. The molecule has 172 valence electrons. The van der Waals surface area contributed by atoms with Crippen molar-refractivity contribution < 1.29 is 28.5 Å². The summed E-state index contributed by atoms with van der Waals surface area (Å²) in [7, 11) is 3.52. The topological polar surface area (TPSA) is 83.8 Å². The zero-order chi connectivity index (χ0) is 22.3. The van der Waals surface area contributed by atoms with Gasteiger partial charge >= 0.3 is 11.9 Å². The quantitative estimate of drug-likeness (QED) is 0.162. The molecule has 0 aliphatic rings. The standard InChI is InChI=1S/C22H43NO5S/c1-6-7-8-9-10-11-12-13-14-15-16-29-28-18-19(2)23(4,5)22(3,21(26)27)17-20(24)25/h19H,6-18H2,1-5H3,(H-,24,25,26,27)/p+1. The van der Waals surface area contributed by atoms with Crippen LogP contribution in [0, 0.1) is 0 Å². The van der Waals surface area contributed by atoms with E-state index >= 15 is 0 Å². The number of carbonyl (C=O) groups is 2. The molecular formula is C22H44NO5S+. The lowest BCUT2D eigenvalue weighted by Gasteiger charge is -2.46. The normalized spacial score (nSPS) is 15.1. The van der Waals surface area contributed by atoms with Crippen LogP contribution in [0.4, 0.5) is 0 Å². The number of aliphatic carboxylic acids is 2. The van der Waals surface area contributed by atoms with Gasteiger partial charge in [0.05, 0.1) is 14.1 Å². The lowest BCUT2D eigenvalue weighted by atomic mass is 9.91. The van der Waals surface area contributed by atoms with Crippen molar-refractivity contribution in [2.75, 3.05) is 26.5 Å². The van der Waals surface area contributed by atoms with Crippen LogP contribution in [0.2, 0.25) is 0 Å². The number of quaternary nitrogens is 1. The van der Waals surface area contributed by atoms with Crippen LogP contribution in [-0.4, -0.2) is 64.7 Å². The Hall–Kier alpha value is -0.790. The molecule has 0 spiro atoms. The van der Waals surface area contributed by atoms with Gasteiger partial charge in [0.25, 0.3) is 0 Å². The second-order valence-electron chi connectivity index (χ2n) is 8.83. The Morgan fingerprint density at radius 1 is 0.966 bits per heavy atom. The van der Waals surface area contributed by atoms with Crippen molar-refractivity contribution in [1.29, 1.82) is 0 Å². The monoisotopic (exact) mass is 434 g/mol. The first kappa shape index (κ1) is 28.2. The van der Waals surface area contributed by atoms with Crippen molar-refractivity contribution in [3.8, 4) is 0 Å². The molecule has 0 aromatic heterocycles. The van der Waals surface area contributed by atoms with Crippen LogP contribution in [0.5, 0.6) is 0 Å². The van der Waals surface area contributed by atoms with Gasteiger partial charge in [-0.15, -0.1) is 0 Å². The summed E-state index contributed by atoms with van der Waals surface area (Å²) in [5.74, 6) is -1.28. The Balaban J connectivity index is 3.98. The van der Waals surface area contributed by atoms with Gasteiger partial charge in [-0.3, -0.25) is 4.79 Å². The van der Waals surface area contributed by atoms with Gasteiger partial charge in [-0.25, -0.2) is 4.79 Å². The highest BCUT2D eigenvalue weighted by Crippen LogP contribution is 2.29. The SMILES string of the molecule is CCCCCCCCCCCCSOCC(C)[N+](C)(C)C(C)(CC(=O)O)C(=O)O. The molecule has 0 saturated carbocycles. The van der Waals surface area contributed by atoms with Crippen LogP contribution in [0.25, 0.3) is 0 Å². The Kier molecular flexibility index (Phi) is 14.7. The zero-order valence-corrected chi connectivity index (χ0v) is 20.1. The first-order chi connectivity index (χ1) is 13.6. The molecule has 0 bridgehead atoms. The summed E-state index contributed by atoms with van der Waals surface area (Å²) < 4.78 is 5.75. The first-order valence-corrected chi connectivity index (χ1v) is 12.0. The number of unbranched alkanes of at least 4 members (excludes halogenated alkanes) is 9. The fourth-order valence-corrected chi connectivity index (χ4v) is 4.08. The average Bonchev–Trinajstić information content (AvgIpc) is 2.64. The summed E-state index contributed by atoms with van der Waals surface area (Å²) in [6.45, 7) is 6.04. The van der Waals surface area contributed by atoms with E-state index in [9.17, 15) is 14.7 Å². The minimum atomic E-state index is -1.41. The molecule has 0 radical (unpaired) electrons. The van der Waals surface area contributed by atoms with Crippen LogP contribution in [0.15, 0.2) is 0 Å². The van der Waals surface area contributed by atoms with Crippen LogP contribution in [0.3, 0.4) is 0 Å². The Labute approximate surface area is 182 Å². The summed E-state index contributed by atoms with van der Waals surface area (Å²) >= 11 is 1.43. The van der Waals surface area contributed by atoms with Gasteiger partial charge in [0.15, 0.2) is 0 Å². The van der Waals surface area contributed by atoms with Gasteiger partial charge in [0.1, 0.15) is 19.1 Å². The van der Waals surface area contributed by atoms with Gasteiger partial charge in [-0.2, -0.15) is 0 Å². The maximum atomic E-state index is 11.8. The predicted molar refractivity (Wildman–Crippen MR) is 120 cm³/mol. The molecule has 2 N–H and O–H groups in total. The molecule has 0 saturated heterocycles. The molecule has 0 heterocycles. The molecule has 7 heteroatoms. The zero-order valence-electron chi connectivity index (χ0n) is 19.2. The molecule has 0 fully saturated rings. The molecule has 0 amide bonds. The molecule has 6 nitrogen and oxygen atoms in total. The van der Waals surface area contributed by atoms with Crippen molar-refractivity contribution in [3.05, 3.63) is 0 Å². The van der Waals surface area contributed by atoms with Gasteiger partial charge in [-0.1, -0.05) is 64.7 Å². The molecule has 0 rings (SSSR count). The second kappa shape index (κ2) is 15.1. The number of carboxylic acids is 2. The fraction of sp³-hybridized carbons (Fsp3) is 0.909. The molecule has 0 aliphatic heterocycles. The van der Waals surface area contributed by atoms with E-state index in [1.807, 2.05) is 6.92 Å². The smallest absolute Gasteiger partial charge is 0.366 e. The van der Waals surface area contributed by atoms with E-state index in [0.29, 0.717) is 6.61 Å². The van der Waals surface area contributed by atoms with E-state index in [2.05, 4.69) is 6.92 Å². The van der Waals surface area contributed by atoms with E-state index in [-0.39, 0.29) is 10.5 Å². The maximum Gasteiger partial charge on any atom is 0.366 e. The number of rotatable bonds is 19. The average molecular weight is 435 g/mol. The summed E-state index contributed by atoms with van der Waals surface area (Å²) in [4.78, 5) is 22.9. The number of hydrogen-bond acceptors (Lipinski definition) is 4. The van der Waals surface area contributed by atoms with E-state index in [1.165, 1.54) is 76.8 Å². The summed E-state index contributed by atoms with van der Waals surface area (Å²) in [5, 5.41) is 18.8. The fourth-order valence-electron chi connectivity index (χ4n) is 3.35. The number of carboxylic acid groups (broad SMARTS) is 2. The summed E-state index contributed by atoms with van der Waals surface area (Å²) in [6.07, 6.45) is 12.6. The highest BCUT2D eigenvalue weighted by Gasteiger charge is 2.52. The highest BCUT2D eigenvalue weighted by molar-refractivity contribution is 7.94. The molecule has 2 atom stereocenters. The van der Waals surface area contributed by atoms with Crippen molar-refractivity contribution in [3.63, 3.8) is 0 Å². The molecule has 29 heavy (non-hydrogen) atoms. The van der Waals surface area contributed by atoms with Crippen molar-refractivity contribution >= 4 is 24.0 Å². The summed E-state index contributed by atoms with van der Waals surface area (Å²) in [6, 6.07) is -0.143. The molecule has 0 aromatic rings. The molecule has 2 unspecified atom stereocenters. The van der Waals surface area contributed by atoms with Gasteiger partial charge in [-0.05, 0) is 25.4 Å². The van der Waals surface area contributed by atoms with Crippen molar-refractivity contribution in [2.45, 2.75) is 103 Å². The molecule has 0 aromatic carbocycles. The Morgan fingerprint density at radius 2 is 1.45 bits per heavy atom. The van der Waals surface area contributed by atoms with E-state index in [1.54, 1.807) is 14.1 Å². The lowest BCUT2D eigenvalue weighted by molar-refractivity contribution is -0.951. The minimum Gasteiger partial charge on any atom is -0.481 e. The third kappa shape index (κ3) is 10.7. The van der Waals surface area contributed by atoms with Crippen molar-refractivity contribution in [1.82, 2.24) is 0 Å². The largest absolute Gasteiger partial charge is 0.481 e. The maximum absolute atomic E-state index is 11.8. The Morgan fingerprint density at radius 3 is 1.90 bits per heavy atom. The summed E-state index contributed by atoms with van der Waals surface area (Å²) in [5.41, 5.74) is -1.41. The van der Waals surface area contributed by atoms with Gasteiger partial charge in [0.2, 0.25) is 5.54 Å². The van der Waals surface area contributed by atoms with Crippen LogP contribution >= 0.6 is 12.0 Å². The van der Waals surface area contributed by atoms with E-state index in [4.69, 9.17) is 9.29 Å². The van der Waals surface area contributed by atoms with Crippen LogP contribution in [-0.2, 0) is 13.8 Å². The van der Waals surface area contributed by atoms with Crippen LogP contribution < -0.4 is 0 Å². The second-order valence-corrected chi connectivity index (χ2v) is 9.71. The molecule has 0 aliphatic carbocycles. The van der Waals surface area contributed by atoms with Crippen molar-refractivity contribution in [2.24, 2.45) is 0 Å². The third-order valence-corrected chi connectivity index (χ3v) is 7.06. The lowest BCUT2D eigenvalue weighted by Crippen LogP contribution is -2.67. The van der Waals surface area contributed by atoms with Gasteiger partial charge in [0, 0.05) is 12.7 Å². The first-order valence-electron chi connectivity index (χ1n) is 11.1. The highest BCUT2D eigenvalue weighted by atomic mass is 32.2. The Bertz CT molecular complexity index is 472. The third-order valence-electron chi connectivity index (χ3n) is 6.30. The van der Waals surface area contributed by atoms with E-state index in [0.717, 1.165) is 12.2 Å². The van der Waals surface area contributed by atoms with Crippen LogP contribution in [0.1, 0.15) is 91.4 Å².